The molecule has 7 rings (SSSR count). The van der Waals surface area contributed by atoms with E-state index in [9.17, 15) is 66.9 Å². The summed E-state index contributed by atoms with van der Waals surface area (Å²) in [4.78, 5) is 23.5. The minimum absolute atomic E-state index is 0. The van der Waals surface area contributed by atoms with Crippen LogP contribution in [0.2, 0.25) is 0 Å². The number of aromatic amines is 1. The van der Waals surface area contributed by atoms with E-state index in [1.165, 1.54) is 86.5 Å². The summed E-state index contributed by atoms with van der Waals surface area (Å²) in [6.07, 6.45) is 0. The molecular formula is C41H35N11Na4O15S4. The summed E-state index contributed by atoms with van der Waals surface area (Å²) in [5, 5.41) is 43.5. The average molecular weight is 1140 g/mol. The van der Waals surface area contributed by atoms with Crippen LogP contribution in [0.5, 0.6) is 11.5 Å². The Kier molecular flexibility index (Phi) is 22.6. The summed E-state index contributed by atoms with van der Waals surface area (Å²) in [5.41, 5.74) is -0.931. The van der Waals surface area contributed by atoms with Crippen molar-refractivity contribution in [2.45, 2.75) is 32.7 Å². The van der Waals surface area contributed by atoms with Crippen molar-refractivity contribution < 1.29 is 180 Å². The van der Waals surface area contributed by atoms with Crippen LogP contribution in [0.3, 0.4) is 0 Å². The Morgan fingerprint density at radius 3 is 1.32 bits per heavy atom. The van der Waals surface area contributed by atoms with Gasteiger partial charge in [-0.05, 0) is 82.6 Å². The quantitative estimate of drug-likeness (QED) is 0.0341. The summed E-state index contributed by atoms with van der Waals surface area (Å²) < 4.78 is 144. The zero-order chi connectivity index (χ0) is 52.0. The van der Waals surface area contributed by atoms with Crippen molar-refractivity contribution in [1.82, 2.24) is 15.0 Å². The van der Waals surface area contributed by atoms with Crippen LogP contribution >= 0.6 is 0 Å². The van der Waals surface area contributed by atoms with Crippen molar-refractivity contribution in [1.29, 1.82) is 0 Å². The summed E-state index contributed by atoms with van der Waals surface area (Å²) >= 11 is 0. The molecule has 0 aliphatic rings. The molecular weight excluding hydrogens is 1110 g/mol. The van der Waals surface area contributed by atoms with E-state index in [-0.39, 0.29) is 188 Å². The van der Waals surface area contributed by atoms with Crippen molar-refractivity contribution in [2.75, 3.05) is 48.6 Å². The fraction of sp³-hybridized carbons (Fsp3) is 0.146. The number of benzene rings is 6. The van der Waals surface area contributed by atoms with Gasteiger partial charge in [0.15, 0.2) is 0 Å². The van der Waals surface area contributed by atoms with Gasteiger partial charge >= 0.3 is 124 Å². The van der Waals surface area contributed by atoms with Crippen LogP contribution in [0.15, 0.2) is 130 Å². The standard InChI is InChI=1S/C41H39N11O15S4.4Na/c1-42-27-9-7-23-15-25(68(56,57)58)17-31(53)35(23)37(27)49-47-29-13-21(5-11-33(29)70(62,63)64)19-51(3)39-44-40(46-41(55)45-39)52(4)20-22-6-12-34(71(65,66)67)30(14-22)48-50-38-28(43-2)10-8-24-16-26(69(59,60)61)18-32(54)36(24)38;;;;/h5-18,42-43,53-54H,19-20H2,1-4H3,(H,56,57,58)(H,59,60,61)(H,62,63,64)(H,65,66,67)(H,44,45,46,55);;;;/q;4*+1/p-4. The fourth-order valence-electron chi connectivity index (χ4n) is 7.21. The molecule has 0 bridgehead atoms. The summed E-state index contributed by atoms with van der Waals surface area (Å²) in [6, 6.07) is 16.0. The van der Waals surface area contributed by atoms with Gasteiger partial charge in [0.25, 0.3) is 0 Å². The number of fused-ring (bicyclic) bond motifs is 2. The van der Waals surface area contributed by atoms with Crippen LogP contribution in [0.25, 0.3) is 21.5 Å². The predicted molar refractivity (Wildman–Crippen MR) is 250 cm³/mol. The van der Waals surface area contributed by atoms with Crippen LogP contribution in [-0.4, -0.2) is 105 Å². The van der Waals surface area contributed by atoms with Gasteiger partial charge in [0.05, 0.1) is 41.7 Å². The maximum Gasteiger partial charge on any atom is 1.00 e. The van der Waals surface area contributed by atoms with Crippen molar-refractivity contribution in [3.05, 3.63) is 107 Å². The molecule has 6 aromatic carbocycles. The number of H-pyrrole nitrogens is 1. The van der Waals surface area contributed by atoms with Crippen molar-refractivity contribution in [3.63, 3.8) is 0 Å². The molecule has 26 nitrogen and oxygen atoms in total. The zero-order valence-corrected chi connectivity index (χ0v) is 52.2. The van der Waals surface area contributed by atoms with Crippen molar-refractivity contribution >= 4 is 108 Å². The molecule has 1 aromatic heterocycles. The monoisotopic (exact) mass is 1140 g/mol. The number of phenolic OH excluding ortho intramolecular Hbond substituents is 2. The number of nitrogens with zero attached hydrogens (tertiary/aromatic N) is 8. The smallest absolute Gasteiger partial charge is 0.744 e. The average Bonchev–Trinajstić information content (AvgIpc) is 3.28. The molecule has 0 spiro atoms. The van der Waals surface area contributed by atoms with E-state index < -0.39 is 88.6 Å². The first-order valence-corrected chi connectivity index (χ1v) is 25.6. The van der Waals surface area contributed by atoms with Gasteiger partial charge in [-0.1, -0.05) is 24.3 Å². The molecule has 0 fully saturated rings. The van der Waals surface area contributed by atoms with E-state index in [2.05, 4.69) is 46.0 Å². The van der Waals surface area contributed by atoms with E-state index in [4.69, 9.17) is 0 Å². The molecule has 5 N–H and O–H groups in total. The number of phenols is 2. The number of hydrogen-bond acceptors (Lipinski definition) is 25. The first-order chi connectivity index (χ1) is 33.2. The minimum Gasteiger partial charge on any atom is -0.744 e. The number of hydrogen-bond donors (Lipinski definition) is 5. The van der Waals surface area contributed by atoms with E-state index in [1.54, 1.807) is 0 Å². The Balaban J connectivity index is 0.00000371. The Labute approximate surface area is 516 Å². The van der Waals surface area contributed by atoms with E-state index in [0.717, 1.165) is 36.4 Å². The molecule has 0 amide bonds. The van der Waals surface area contributed by atoms with Crippen LogP contribution in [0.4, 0.5) is 46.0 Å². The van der Waals surface area contributed by atoms with Gasteiger partial charge in [0.1, 0.15) is 74.7 Å². The maximum atomic E-state index is 12.9. The van der Waals surface area contributed by atoms with E-state index in [0.29, 0.717) is 11.1 Å². The number of aromatic hydroxyl groups is 2. The second kappa shape index (κ2) is 25.8. The number of rotatable bonds is 16. The molecule has 75 heavy (non-hydrogen) atoms. The molecule has 0 saturated carbocycles. The van der Waals surface area contributed by atoms with Gasteiger partial charge in [-0.15, -0.1) is 20.5 Å². The molecule has 7 aromatic rings. The number of nitrogens with one attached hydrogen (secondary N) is 3. The number of anilines is 4. The molecule has 0 radical (unpaired) electrons. The molecule has 0 saturated heterocycles. The van der Waals surface area contributed by atoms with Gasteiger partial charge in [0.2, 0.25) is 11.9 Å². The van der Waals surface area contributed by atoms with Gasteiger partial charge in [-0.25, -0.2) is 38.5 Å². The summed E-state index contributed by atoms with van der Waals surface area (Å²) in [5.74, 6) is -1.56. The zero-order valence-electron chi connectivity index (χ0n) is 40.9. The molecule has 0 unspecified atom stereocenters. The third-order valence-electron chi connectivity index (χ3n) is 10.5. The molecule has 34 heteroatoms. The van der Waals surface area contributed by atoms with E-state index in [1.807, 2.05) is 0 Å². The first kappa shape index (κ1) is 65.6. The molecule has 372 valence electrons. The van der Waals surface area contributed by atoms with Gasteiger partial charge in [-0.2, -0.15) is 9.97 Å². The van der Waals surface area contributed by atoms with Crippen molar-refractivity contribution in [3.8, 4) is 11.5 Å². The third-order valence-corrected chi connectivity index (χ3v) is 13.9. The minimum atomic E-state index is -5.17. The Hall–Kier alpha value is -3.71. The second-order valence-electron chi connectivity index (χ2n) is 15.3. The molecule has 0 aliphatic carbocycles. The van der Waals surface area contributed by atoms with Gasteiger partial charge < -0.3 is 48.9 Å². The molecule has 0 aliphatic heterocycles. The first-order valence-electron chi connectivity index (χ1n) is 19.9. The maximum absolute atomic E-state index is 12.9. The Bertz CT molecular complexity index is 3690. The van der Waals surface area contributed by atoms with Gasteiger partial charge in [0, 0.05) is 41.3 Å². The third kappa shape index (κ3) is 15.3. The summed E-state index contributed by atoms with van der Waals surface area (Å²) in [7, 11) is -14.3. The Morgan fingerprint density at radius 1 is 0.547 bits per heavy atom. The normalized spacial score (nSPS) is 11.9. The Morgan fingerprint density at radius 2 is 0.947 bits per heavy atom. The predicted octanol–water partition coefficient (Wildman–Crippen LogP) is -7.30. The second-order valence-corrected chi connectivity index (χ2v) is 20.8. The van der Waals surface area contributed by atoms with Gasteiger partial charge in [-0.3, -0.25) is 4.98 Å². The molecule has 1 heterocycles. The largest absolute Gasteiger partial charge is 1.00 e. The SMILES string of the molecule is CNc1ccc2cc(S(=O)(=O)[O-])cc(O)c2c1N=Nc1cc(CN(C)c2nc(N(C)Cc3ccc(S(=O)(=O)[O-])c(N=Nc4c(NC)ccc5cc(S(=O)(=O)[O-])cc(O)c45)c3)[nH]c(=O)n2)ccc1S(=O)(=O)[O-].[Na+].[Na+].[Na+].[Na+]. The number of azo groups is 2. The van der Waals surface area contributed by atoms with Crippen LogP contribution < -0.4 is 144 Å². The molecule has 0 atom stereocenters. The van der Waals surface area contributed by atoms with Crippen LogP contribution in [-0.2, 0) is 53.6 Å². The van der Waals surface area contributed by atoms with Crippen LogP contribution in [0.1, 0.15) is 11.1 Å². The van der Waals surface area contributed by atoms with Crippen molar-refractivity contribution in [2.24, 2.45) is 20.5 Å². The summed E-state index contributed by atoms with van der Waals surface area (Å²) in [6.45, 7) is -0.261. The van der Waals surface area contributed by atoms with E-state index >= 15 is 0 Å². The number of aromatic nitrogens is 3. The van der Waals surface area contributed by atoms with Crippen LogP contribution in [0, 0.1) is 0 Å². The topological polar surface area (TPSA) is 408 Å². The fourth-order valence-corrected chi connectivity index (χ4v) is 9.45.